The third-order valence-electron chi connectivity index (χ3n) is 4.21. The molecule has 0 aliphatic heterocycles. The van der Waals surface area contributed by atoms with E-state index in [4.69, 9.17) is 4.74 Å². The van der Waals surface area contributed by atoms with Gasteiger partial charge in [0.2, 0.25) is 5.91 Å². The molecule has 0 radical (unpaired) electrons. The van der Waals surface area contributed by atoms with Crippen LogP contribution in [0.2, 0.25) is 0 Å². The summed E-state index contributed by atoms with van der Waals surface area (Å²) in [7, 11) is 1.68. The highest BCUT2D eigenvalue weighted by Crippen LogP contribution is 2.22. The summed E-state index contributed by atoms with van der Waals surface area (Å²) in [5, 5.41) is 3.04. The second kappa shape index (κ2) is 8.49. The van der Waals surface area contributed by atoms with Crippen molar-refractivity contribution in [3.63, 3.8) is 0 Å². The monoisotopic (exact) mass is 311 g/mol. The van der Waals surface area contributed by atoms with Gasteiger partial charge in [0.05, 0.1) is 12.0 Å². The van der Waals surface area contributed by atoms with Crippen molar-refractivity contribution >= 4 is 5.91 Å². The van der Waals surface area contributed by atoms with Crippen LogP contribution in [0.5, 0.6) is 0 Å². The molecule has 0 bridgehead atoms. The van der Waals surface area contributed by atoms with Gasteiger partial charge in [0.25, 0.3) is 0 Å². The predicted molar refractivity (Wildman–Crippen MR) is 93.4 cm³/mol. The molecule has 2 aromatic rings. The van der Waals surface area contributed by atoms with Crippen molar-refractivity contribution < 1.29 is 9.53 Å². The van der Waals surface area contributed by atoms with E-state index in [1.54, 1.807) is 7.11 Å². The van der Waals surface area contributed by atoms with Gasteiger partial charge in [-0.3, -0.25) is 4.79 Å². The summed E-state index contributed by atoms with van der Waals surface area (Å²) in [6.45, 7) is 4.57. The van der Waals surface area contributed by atoms with Crippen molar-refractivity contribution in [3.8, 4) is 0 Å². The Morgan fingerprint density at radius 3 is 2.35 bits per heavy atom. The van der Waals surface area contributed by atoms with E-state index in [1.807, 2.05) is 55.5 Å². The summed E-state index contributed by atoms with van der Waals surface area (Å²) in [4.78, 5) is 12.5. The minimum atomic E-state index is -0.131. The Labute approximate surface area is 138 Å². The Kier molecular flexibility index (Phi) is 6.36. The number of aryl methyl sites for hydroxylation is 1. The number of hydrogen-bond donors (Lipinski definition) is 1. The highest BCUT2D eigenvalue weighted by atomic mass is 16.5. The Balaban J connectivity index is 2.03. The minimum Gasteiger partial charge on any atom is -0.375 e. The molecule has 0 saturated heterocycles. The van der Waals surface area contributed by atoms with Crippen LogP contribution in [0.15, 0.2) is 54.6 Å². The summed E-state index contributed by atoms with van der Waals surface area (Å²) in [5.41, 5.74) is 3.34. The van der Waals surface area contributed by atoms with Crippen molar-refractivity contribution in [2.24, 2.45) is 0 Å². The van der Waals surface area contributed by atoms with E-state index in [1.165, 1.54) is 5.56 Å². The fourth-order valence-electron chi connectivity index (χ4n) is 2.84. The van der Waals surface area contributed by atoms with E-state index in [0.29, 0.717) is 6.54 Å². The van der Waals surface area contributed by atoms with Crippen LogP contribution in [0, 0.1) is 6.92 Å². The van der Waals surface area contributed by atoms with Crippen LogP contribution in [0.4, 0.5) is 0 Å². The number of nitrogens with one attached hydrogen (secondary N) is 1. The van der Waals surface area contributed by atoms with Crippen LogP contribution < -0.4 is 5.32 Å². The average Bonchev–Trinajstić information content (AvgIpc) is 2.58. The van der Waals surface area contributed by atoms with E-state index < -0.39 is 0 Å². The molecule has 0 spiro atoms. The van der Waals surface area contributed by atoms with Crippen LogP contribution >= 0.6 is 0 Å². The van der Waals surface area contributed by atoms with Gasteiger partial charge in [0, 0.05) is 13.7 Å². The molecule has 3 heteroatoms. The molecule has 2 aromatic carbocycles. The van der Waals surface area contributed by atoms with Crippen LogP contribution in [-0.2, 0) is 9.53 Å². The number of hydrogen-bond acceptors (Lipinski definition) is 2. The van der Waals surface area contributed by atoms with Gasteiger partial charge in [-0.1, -0.05) is 61.5 Å². The van der Waals surface area contributed by atoms with Gasteiger partial charge in [-0.2, -0.15) is 0 Å². The van der Waals surface area contributed by atoms with E-state index in [2.05, 4.69) is 18.3 Å². The normalized spacial score (nSPS) is 13.3. The first-order valence-electron chi connectivity index (χ1n) is 8.08. The SMILES string of the molecule is CCC(C(=O)NCC(OC)c1ccccc1C)c1ccccc1. The number of methoxy groups -OCH3 is 1. The van der Waals surface area contributed by atoms with Gasteiger partial charge in [-0.25, -0.2) is 0 Å². The number of carbonyl (C=O) groups is 1. The second-order valence-corrected chi connectivity index (χ2v) is 5.70. The van der Waals surface area contributed by atoms with E-state index in [9.17, 15) is 4.79 Å². The molecule has 0 fully saturated rings. The lowest BCUT2D eigenvalue weighted by atomic mass is 9.95. The smallest absolute Gasteiger partial charge is 0.227 e. The average molecular weight is 311 g/mol. The molecule has 23 heavy (non-hydrogen) atoms. The first-order chi connectivity index (χ1) is 11.2. The topological polar surface area (TPSA) is 38.3 Å². The van der Waals surface area contributed by atoms with E-state index in [-0.39, 0.29) is 17.9 Å². The molecule has 0 aromatic heterocycles. The molecule has 2 rings (SSSR count). The van der Waals surface area contributed by atoms with Gasteiger partial charge in [0.1, 0.15) is 0 Å². The number of rotatable bonds is 7. The number of amides is 1. The van der Waals surface area contributed by atoms with Gasteiger partial charge >= 0.3 is 0 Å². The van der Waals surface area contributed by atoms with Crippen molar-refractivity contribution in [2.45, 2.75) is 32.3 Å². The lowest BCUT2D eigenvalue weighted by Gasteiger charge is -2.21. The summed E-state index contributed by atoms with van der Waals surface area (Å²) < 4.78 is 5.57. The summed E-state index contributed by atoms with van der Waals surface area (Å²) in [6, 6.07) is 18.0. The van der Waals surface area contributed by atoms with Gasteiger partial charge < -0.3 is 10.1 Å². The zero-order valence-corrected chi connectivity index (χ0v) is 14.1. The molecule has 2 atom stereocenters. The van der Waals surface area contributed by atoms with Gasteiger partial charge in [-0.05, 0) is 30.0 Å². The summed E-state index contributed by atoms with van der Waals surface area (Å²) in [5.74, 6) is -0.0695. The van der Waals surface area contributed by atoms with Crippen molar-refractivity contribution in [3.05, 3.63) is 71.3 Å². The fourth-order valence-corrected chi connectivity index (χ4v) is 2.84. The maximum atomic E-state index is 12.5. The Morgan fingerprint density at radius 2 is 1.74 bits per heavy atom. The second-order valence-electron chi connectivity index (χ2n) is 5.70. The van der Waals surface area contributed by atoms with Crippen LogP contribution in [0.3, 0.4) is 0 Å². The van der Waals surface area contributed by atoms with Crippen molar-refractivity contribution in [2.75, 3.05) is 13.7 Å². The van der Waals surface area contributed by atoms with E-state index >= 15 is 0 Å². The molecule has 3 nitrogen and oxygen atoms in total. The number of ether oxygens (including phenoxy) is 1. The van der Waals surface area contributed by atoms with Crippen molar-refractivity contribution in [1.82, 2.24) is 5.32 Å². The first-order valence-corrected chi connectivity index (χ1v) is 8.08. The molecular weight excluding hydrogens is 286 g/mol. The largest absolute Gasteiger partial charge is 0.375 e. The van der Waals surface area contributed by atoms with Crippen LogP contribution in [0.1, 0.15) is 42.1 Å². The highest BCUT2D eigenvalue weighted by molar-refractivity contribution is 5.83. The minimum absolute atomic E-state index is 0.0503. The Hall–Kier alpha value is -2.13. The number of carbonyl (C=O) groups excluding carboxylic acids is 1. The maximum absolute atomic E-state index is 12.5. The predicted octanol–water partition coefficient (Wildman–Crippen LogP) is 3.99. The molecule has 1 amide bonds. The summed E-state index contributed by atoms with van der Waals surface area (Å²) >= 11 is 0. The zero-order chi connectivity index (χ0) is 16.7. The summed E-state index contributed by atoms with van der Waals surface area (Å²) in [6.07, 6.45) is 0.645. The molecular formula is C20H25NO2. The van der Waals surface area contributed by atoms with Gasteiger partial charge in [0.15, 0.2) is 0 Å². The molecule has 122 valence electrons. The van der Waals surface area contributed by atoms with Gasteiger partial charge in [-0.15, -0.1) is 0 Å². The molecule has 0 aliphatic carbocycles. The third kappa shape index (κ3) is 4.42. The molecule has 0 aliphatic rings. The molecule has 0 heterocycles. The standard InChI is InChI=1S/C20H25NO2/c1-4-17(16-11-6-5-7-12-16)20(22)21-14-19(23-3)18-13-9-8-10-15(18)2/h5-13,17,19H,4,14H2,1-3H3,(H,21,22). The third-order valence-corrected chi connectivity index (χ3v) is 4.21. The van der Waals surface area contributed by atoms with Crippen LogP contribution in [0.25, 0.3) is 0 Å². The first kappa shape index (κ1) is 17.2. The van der Waals surface area contributed by atoms with Crippen LogP contribution in [-0.4, -0.2) is 19.6 Å². The fraction of sp³-hybridized carbons (Fsp3) is 0.350. The Morgan fingerprint density at radius 1 is 1.09 bits per heavy atom. The van der Waals surface area contributed by atoms with E-state index in [0.717, 1.165) is 17.5 Å². The lowest BCUT2D eigenvalue weighted by molar-refractivity contribution is -0.123. The zero-order valence-electron chi connectivity index (χ0n) is 14.1. The Bertz CT molecular complexity index is 625. The molecule has 2 unspecified atom stereocenters. The maximum Gasteiger partial charge on any atom is 0.227 e. The highest BCUT2D eigenvalue weighted by Gasteiger charge is 2.20. The van der Waals surface area contributed by atoms with Crippen molar-refractivity contribution in [1.29, 1.82) is 0 Å². The quantitative estimate of drug-likeness (QED) is 0.839. The molecule has 0 saturated carbocycles. The molecule has 1 N–H and O–H groups in total. The lowest BCUT2D eigenvalue weighted by Crippen LogP contribution is -2.33. The number of benzene rings is 2.